The van der Waals surface area contributed by atoms with Gasteiger partial charge < -0.3 is 14.2 Å². The zero-order valence-corrected chi connectivity index (χ0v) is 9.94. The Morgan fingerprint density at radius 1 is 1.21 bits per heavy atom. The van der Waals surface area contributed by atoms with Gasteiger partial charge in [0, 0.05) is 13.5 Å². The lowest BCUT2D eigenvalue weighted by Crippen LogP contribution is -2.51. The van der Waals surface area contributed by atoms with Gasteiger partial charge in [0.1, 0.15) is 6.10 Å². The van der Waals surface area contributed by atoms with Crippen molar-refractivity contribution in [1.82, 2.24) is 0 Å². The van der Waals surface area contributed by atoms with Gasteiger partial charge in [-0.3, -0.25) is 4.79 Å². The van der Waals surface area contributed by atoms with Crippen molar-refractivity contribution in [3.63, 3.8) is 0 Å². The number of carbonyl (C=O) groups excluding carboxylic acids is 1. The molecule has 2 unspecified atom stereocenters. The predicted molar refractivity (Wildman–Crippen MR) is 58.0 cm³/mol. The van der Waals surface area contributed by atoms with Crippen LogP contribution in [0.1, 0.15) is 6.42 Å². The molecule has 1 fully saturated rings. The van der Waals surface area contributed by atoms with Crippen molar-refractivity contribution in [2.75, 3.05) is 7.11 Å². The van der Waals surface area contributed by atoms with Crippen molar-refractivity contribution >= 4 is 5.78 Å². The quantitative estimate of drug-likeness (QED) is 0.846. The Balaban J connectivity index is 2.10. The smallest absolute Gasteiger partial charge is 0.483 e. The van der Waals surface area contributed by atoms with Crippen LogP contribution in [0.15, 0.2) is 24.3 Å². The molecule has 2 atom stereocenters. The molecule has 0 amide bonds. The van der Waals surface area contributed by atoms with E-state index in [0.717, 1.165) is 6.07 Å². The fraction of sp³-hybridized carbons (Fsp3) is 0.417. The molecule has 0 aromatic heterocycles. The molecule has 0 heterocycles. The Kier molecular flexibility index (Phi) is 3.66. The van der Waals surface area contributed by atoms with Crippen LogP contribution in [0.25, 0.3) is 0 Å². The van der Waals surface area contributed by atoms with Crippen molar-refractivity contribution in [3.8, 4) is 11.5 Å². The van der Waals surface area contributed by atoms with Gasteiger partial charge in [-0.05, 0) is 12.1 Å². The normalized spacial score (nSPS) is 22.8. The van der Waals surface area contributed by atoms with E-state index in [9.17, 15) is 18.0 Å². The Morgan fingerprint density at radius 2 is 1.84 bits per heavy atom. The van der Waals surface area contributed by atoms with E-state index in [1.54, 1.807) is 0 Å². The molecular weight excluding hydrogens is 265 g/mol. The zero-order valence-electron chi connectivity index (χ0n) is 9.94. The summed E-state index contributed by atoms with van der Waals surface area (Å²) < 4.78 is 50.7. The highest BCUT2D eigenvalue weighted by Gasteiger charge is 2.42. The molecule has 1 aliphatic rings. The summed E-state index contributed by atoms with van der Waals surface area (Å²) in [6, 6.07) is 5.40. The number of ether oxygens (including phenoxy) is 3. The minimum absolute atomic E-state index is 0.0700. The molecule has 19 heavy (non-hydrogen) atoms. The third-order valence-corrected chi connectivity index (χ3v) is 2.66. The number of Topliss-reactive ketones (excluding diaryl/α,β-unsaturated/α-hetero) is 1. The van der Waals surface area contributed by atoms with E-state index in [-0.39, 0.29) is 18.0 Å². The van der Waals surface area contributed by atoms with E-state index < -0.39 is 24.3 Å². The summed E-state index contributed by atoms with van der Waals surface area (Å²) in [5.74, 6) is -0.648. The molecule has 1 aromatic carbocycles. The highest BCUT2D eigenvalue weighted by Crippen LogP contribution is 2.35. The van der Waals surface area contributed by atoms with Crippen LogP contribution in [0.2, 0.25) is 0 Å². The van der Waals surface area contributed by atoms with Crippen LogP contribution in [-0.2, 0) is 9.53 Å². The number of alkyl halides is 3. The van der Waals surface area contributed by atoms with Gasteiger partial charge >= 0.3 is 6.36 Å². The molecule has 0 bridgehead atoms. The fourth-order valence-corrected chi connectivity index (χ4v) is 1.77. The maximum atomic E-state index is 12.2. The summed E-state index contributed by atoms with van der Waals surface area (Å²) in [6.07, 6.45) is -6.01. The first-order valence-electron chi connectivity index (χ1n) is 5.47. The topological polar surface area (TPSA) is 44.8 Å². The monoisotopic (exact) mass is 276 g/mol. The molecule has 104 valence electrons. The van der Waals surface area contributed by atoms with E-state index in [1.165, 1.54) is 25.3 Å². The molecule has 1 saturated carbocycles. The van der Waals surface area contributed by atoms with Gasteiger partial charge in [-0.2, -0.15) is 0 Å². The van der Waals surface area contributed by atoms with Gasteiger partial charge in [0.05, 0.1) is 0 Å². The van der Waals surface area contributed by atoms with E-state index in [0.29, 0.717) is 0 Å². The first-order chi connectivity index (χ1) is 8.90. The predicted octanol–water partition coefficient (Wildman–Crippen LogP) is 2.32. The molecule has 0 radical (unpaired) electrons. The van der Waals surface area contributed by atoms with Crippen molar-refractivity contribution in [2.45, 2.75) is 25.0 Å². The van der Waals surface area contributed by atoms with Crippen LogP contribution in [0.4, 0.5) is 13.2 Å². The van der Waals surface area contributed by atoms with Crippen LogP contribution in [0.5, 0.6) is 11.5 Å². The average molecular weight is 276 g/mol. The van der Waals surface area contributed by atoms with Gasteiger partial charge in [0.25, 0.3) is 0 Å². The highest BCUT2D eigenvalue weighted by molar-refractivity contribution is 5.90. The van der Waals surface area contributed by atoms with Crippen LogP contribution < -0.4 is 9.47 Å². The maximum Gasteiger partial charge on any atom is 0.573 e. The van der Waals surface area contributed by atoms with Crippen molar-refractivity contribution in [1.29, 1.82) is 0 Å². The van der Waals surface area contributed by atoms with E-state index in [1.807, 2.05) is 0 Å². The summed E-state index contributed by atoms with van der Waals surface area (Å²) in [5, 5.41) is 0. The first kappa shape index (κ1) is 13.7. The number of hydrogen-bond acceptors (Lipinski definition) is 4. The molecule has 2 rings (SSSR count). The highest BCUT2D eigenvalue weighted by atomic mass is 19.4. The van der Waals surface area contributed by atoms with Crippen molar-refractivity contribution in [3.05, 3.63) is 24.3 Å². The fourth-order valence-electron chi connectivity index (χ4n) is 1.77. The number of methoxy groups -OCH3 is 1. The van der Waals surface area contributed by atoms with Crippen molar-refractivity contribution < 1.29 is 32.2 Å². The summed E-state index contributed by atoms with van der Waals surface area (Å²) in [4.78, 5) is 11.2. The molecule has 1 aromatic rings. The minimum Gasteiger partial charge on any atom is -0.483 e. The molecule has 0 N–H and O–H groups in total. The molecule has 4 nitrogen and oxygen atoms in total. The number of halogens is 3. The summed E-state index contributed by atoms with van der Waals surface area (Å²) in [7, 11) is 1.34. The molecule has 0 spiro atoms. The van der Waals surface area contributed by atoms with Gasteiger partial charge in [-0.25, -0.2) is 0 Å². The number of rotatable bonds is 4. The number of benzene rings is 1. The molecular formula is C12H11F3O4. The Morgan fingerprint density at radius 3 is 2.37 bits per heavy atom. The van der Waals surface area contributed by atoms with Crippen LogP contribution >= 0.6 is 0 Å². The second-order valence-electron chi connectivity index (χ2n) is 3.98. The summed E-state index contributed by atoms with van der Waals surface area (Å²) >= 11 is 0. The SMILES string of the molecule is COC1C(=O)CC1Oc1ccccc1OC(F)(F)F. The summed E-state index contributed by atoms with van der Waals surface area (Å²) in [5.41, 5.74) is 0. The maximum absolute atomic E-state index is 12.2. The number of ketones is 1. The van der Waals surface area contributed by atoms with Gasteiger partial charge in [-0.1, -0.05) is 12.1 Å². The molecule has 1 aliphatic carbocycles. The Bertz CT molecular complexity index is 472. The Labute approximate surface area is 107 Å². The van der Waals surface area contributed by atoms with Crippen LogP contribution in [0.3, 0.4) is 0 Å². The van der Waals surface area contributed by atoms with E-state index >= 15 is 0 Å². The van der Waals surface area contributed by atoms with E-state index in [2.05, 4.69) is 4.74 Å². The van der Waals surface area contributed by atoms with Gasteiger partial charge in [0.2, 0.25) is 0 Å². The zero-order chi connectivity index (χ0) is 14.0. The third kappa shape index (κ3) is 3.17. The molecule has 7 heteroatoms. The summed E-state index contributed by atoms with van der Waals surface area (Å²) in [6.45, 7) is 0. The lowest BCUT2D eigenvalue weighted by molar-refractivity contribution is -0.275. The van der Waals surface area contributed by atoms with Gasteiger partial charge in [0.15, 0.2) is 23.4 Å². The average Bonchev–Trinajstić information content (AvgIpc) is 2.29. The van der Waals surface area contributed by atoms with Crippen molar-refractivity contribution in [2.24, 2.45) is 0 Å². The lowest BCUT2D eigenvalue weighted by atomic mass is 9.90. The standard InChI is InChI=1S/C12H11F3O4/c1-17-11-7(16)6-10(11)18-8-4-2-3-5-9(8)19-12(13,14)15/h2-5,10-11H,6H2,1H3. The third-order valence-electron chi connectivity index (χ3n) is 2.66. The first-order valence-corrected chi connectivity index (χ1v) is 5.47. The lowest BCUT2D eigenvalue weighted by Gasteiger charge is -2.33. The number of carbonyl (C=O) groups is 1. The molecule has 0 aliphatic heterocycles. The van der Waals surface area contributed by atoms with E-state index in [4.69, 9.17) is 9.47 Å². The van der Waals surface area contributed by atoms with Crippen LogP contribution in [0, 0.1) is 0 Å². The van der Waals surface area contributed by atoms with Gasteiger partial charge in [-0.15, -0.1) is 13.2 Å². The second-order valence-corrected chi connectivity index (χ2v) is 3.98. The number of hydrogen-bond donors (Lipinski definition) is 0. The van der Waals surface area contributed by atoms with Crippen LogP contribution in [-0.4, -0.2) is 31.5 Å². The largest absolute Gasteiger partial charge is 0.573 e. The second kappa shape index (κ2) is 5.08. The Hall–Kier alpha value is -1.76. The molecule has 0 saturated heterocycles. The number of para-hydroxylation sites is 2. The minimum atomic E-state index is -4.80.